The molecule has 0 bridgehead atoms. The van der Waals surface area contributed by atoms with Crippen molar-refractivity contribution in [1.29, 1.82) is 0 Å². The number of nitrogens with one attached hydrogen (secondary N) is 2. The van der Waals surface area contributed by atoms with Crippen molar-refractivity contribution in [1.82, 2.24) is 15.2 Å². The first-order chi connectivity index (χ1) is 22.7. The van der Waals surface area contributed by atoms with Gasteiger partial charge in [-0.25, -0.2) is 12.8 Å². The van der Waals surface area contributed by atoms with Gasteiger partial charge in [0, 0.05) is 23.5 Å². The first-order valence-corrected chi connectivity index (χ1v) is 16.3. The molecule has 0 aliphatic carbocycles. The Morgan fingerprint density at radius 1 is 0.851 bits per heavy atom. The van der Waals surface area contributed by atoms with Crippen molar-refractivity contribution in [3.8, 4) is 5.75 Å². The molecule has 1 atom stereocenters. The van der Waals surface area contributed by atoms with Gasteiger partial charge in [0.2, 0.25) is 5.91 Å². The fourth-order valence-electron chi connectivity index (χ4n) is 4.67. The Hall–Kier alpha value is -5.26. The lowest BCUT2D eigenvalue weighted by atomic mass is 10.0. The van der Waals surface area contributed by atoms with Crippen LogP contribution in [-0.2, 0) is 32.7 Å². The average Bonchev–Trinajstić information content (AvgIpc) is 3.09. The summed E-state index contributed by atoms with van der Waals surface area (Å²) in [6.45, 7) is -0.208. The molecule has 9 nitrogen and oxygen atoms in total. The van der Waals surface area contributed by atoms with Crippen LogP contribution in [0.5, 0.6) is 5.75 Å². The fraction of sp³-hybridized carbons (Fsp3) is 0.114. The van der Waals surface area contributed by atoms with Crippen LogP contribution in [-0.4, -0.2) is 36.7 Å². The van der Waals surface area contributed by atoms with Crippen LogP contribution in [0.2, 0.25) is 5.02 Å². The second-order valence-corrected chi connectivity index (χ2v) is 12.5. The fourth-order valence-corrected chi connectivity index (χ4v) is 5.85. The number of sulfonamides is 1. The lowest BCUT2D eigenvalue weighted by Crippen LogP contribution is -2.45. The van der Waals surface area contributed by atoms with Crippen molar-refractivity contribution in [2.75, 3.05) is 11.3 Å². The lowest BCUT2D eigenvalue weighted by molar-refractivity contribution is -0.143. The molecule has 2 N–H and O–H groups in total. The molecule has 1 heterocycles. The minimum absolute atomic E-state index is 0.0569. The predicted molar refractivity (Wildman–Crippen MR) is 176 cm³/mol. The van der Waals surface area contributed by atoms with E-state index in [4.69, 9.17) is 16.3 Å². The number of amides is 2. The second kappa shape index (κ2) is 15.4. The van der Waals surface area contributed by atoms with E-state index in [1.165, 1.54) is 41.3 Å². The molecule has 2 amide bonds. The summed E-state index contributed by atoms with van der Waals surface area (Å²) in [4.78, 5) is 33.3. The molecule has 47 heavy (non-hydrogen) atoms. The van der Waals surface area contributed by atoms with Gasteiger partial charge in [0.25, 0.3) is 15.9 Å². The van der Waals surface area contributed by atoms with E-state index < -0.39 is 40.3 Å². The standard InChI is InChI=1S/C35H30ClFN4O5S/c36-27-11-9-25(10-12-27)23-41(34(26-6-2-1-3-7-26)35(43)39-22-30-8-4-5-21-38-30)33(42)24-46-31-17-19-32(20-18-31)47(44,45)40-29-15-13-28(37)14-16-29/h1-21,34,40H,22-24H2,(H,39,43). The molecule has 240 valence electrons. The molecule has 0 fully saturated rings. The third-order valence-electron chi connectivity index (χ3n) is 7.02. The second-order valence-electron chi connectivity index (χ2n) is 10.4. The molecule has 5 aromatic rings. The number of ether oxygens (including phenoxy) is 1. The predicted octanol–water partition coefficient (Wildman–Crippen LogP) is 6.14. The van der Waals surface area contributed by atoms with Crippen LogP contribution in [0.15, 0.2) is 132 Å². The van der Waals surface area contributed by atoms with Gasteiger partial charge < -0.3 is 15.0 Å². The van der Waals surface area contributed by atoms with Gasteiger partial charge in [-0.3, -0.25) is 19.3 Å². The van der Waals surface area contributed by atoms with Gasteiger partial charge in [0.1, 0.15) is 17.6 Å². The Kier molecular flexibility index (Phi) is 10.8. The first-order valence-electron chi connectivity index (χ1n) is 14.5. The highest BCUT2D eigenvalue weighted by Crippen LogP contribution is 2.26. The minimum Gasteiger partial charge on any atom is -0.484 e. The maximum atomic E-state index is 13.9. The molecule has 1 unspecified atom stereocenters. The van der Waals surface area contributed by atoms with E-state index >= 15 is 0 Å². The van der Waals surface area contributed by atoms with Crippen LogP contribution >= 0.6 is 11.6 Å². The molecular weight excluding hydrogens is 643 g/mol. The van der Waals surface area contributed by atoms with Crippen LogP contribution in [0.25, 0.3) is 0 Å². The number of anilines is 1. The monoisotopic (exact) mass is 672 g/mol. The maximum Gasteiger partial charge on any atom is 0.261 e. The first kappa shape index (κ1) is 33.1. The highest BCUT2D eigenvalue weighted by molar-refractivity contribution is 7.92. The smallest absolute Gasteiger partial charge is 0.261 e. The molecule has 0 saturated heterocycles. The third kappa shape index (κ3) is 9.15. The van der Waals surface area contributed by atoms with Crippen molar-refractivity contribution >= 4 is 39.1 Å². The molecular formula is C35H30ClFN4O5S. The topological polar surface area (TPSA) is 118 Å². The zero-order valence-corrected chi connectivity index (χ0v) is 26.5. The summed E-state index contributed by atoms with van der Waals surface area (Å²) in [6, 6.07) is 30.7. The third-order valence-corrected chi connectivity index (χ3v) is 8.67. The number of rotatable bonds is 13. The summed E-state index contributed by atoms with van der Waals surface area (Å²) in [6.07, 6.45) is 1.63. The van der Waals surface area contributed by atoms with Gasteiger partial charge in [0.15, 0.2) is 6.61 Å². The van der Waals surface area contributed by atoms with Gasteiger partial charge >= 0.3 is 0 Å². The number of nitrogens with zero attached hydrogens (tertiary/aromatic N) is 2. The SMILES string of the molecule is O=C(NCc1ccccn1)C(c1ccccc1)N(Cc1ccc(Cl)cc1)C(=O)COc1ccc(S(=O)(=O)Nc2ccc(F)cc2)cc1. The Bertz CT molecular complexity index is 1900. The number of halogens is 2. The number of carbonyl (C=O) groups is 2. The molecule has 0 radical (unpaired) electrons. The molecule has 12 heteroatoms. The van der Waals surface area contributed by atoms with Gasteiger partial charge in [-0.05, 0) is 83.9 Å². The molecule has 0 aliphatic rings. The van der Waals surface area contributed by atoms with Crippen LogP contribution in [0.1, 0.15) is 22.9 Å². The summed E-state index contributed by atoms with van der Waals surface area (Å²) in [7, 11) is -3.96. The van der Waals surface area contributed by atoms with Crippen LogP contribution < -0.4 is 14.8 Å². The largest absolute Gasteiger partial charge is 0.484 e. The molecule has 5 rings (SSSR count). The van der Waals surface area contributed by atoms with E-state index in [0.29, 0.717) is 16.3 Å². The van der Waals surface area contributed by atoms with Crippen molar-refractivity contribution in [3.63, 3.8) is 0 Å². The Balaban J connectivity index is 1.35. The number of pyridine rings is 1. The number of hydrogen-bond donors (Lipinski definition) is 2. The van der Waals surface area contributed by atoms with Gasteiger partial charge in [-0.1, -0.05) is 60.1 Å². The molecule has 4 aromatic carbocycles. The van der Waals surface area contributed by atoms with Gasteiger partial charge in [0.05, 0.1) is 17.1 Å². The van der Waals surface area contributed by atoms with Crippen molar-refractivity contribution in [2.24, 2.45) is 0 Å². The number of aromatic nitrogens is 1. The van der Waals surface area contributed by atoms with Crippen LogP contribution in [0.4, 0.5) is 10.1 Å². The normalized spacial score (nSPS) is 11.7. The summed E-state index contributed by atoms with van der Waals surface area (Å²) >= 11 is 6.10. The zero-order valence-electron chi connectivity index (χ0n) is 24.9. The summed E-state index contributed by atoms with van der Waals surface area (Å²) in [5, 5.41) is 3.43. The Morgan fingerprint density at radius 3 is 2.19 bits per heavy atom. The maximum absolute atomic E-state index is 13.9. The lowest BCUT2D eigenvalue weighted by Gasteiger charge is -2.31. The summed E-state index contributed by atoms with van der Waals surface area (Å²) in [5.74, 6) is -1.15. The summed E-state index contributed by atoms with van der Waals surface area (Å²) < 4.78 is 47.0. The van der Waals surface area contributed by atoms with E-state index in [1.807, 2.05) is 12.1 Å². The zero-order chi connectivity index (χ0) is 33.2. The number of hydrogen-bond acceptors (Lipinski definition) is 6. The molecule has 0 saturated carbocycles. The molecule has 1 aromatic heterocycles. The highest BCUT2D eigenvalue weighted by atomic mass is 35.5. The average molecular weight is 673 g/mol. The van der Waals surface area contributed by atoms with E-state index in [9.17, 15) is 22.4 Å². The van der Waals surface area contributed by atoms with E-state index in [0.717, 1.165) is 17.7 Å². The van der Waals surface area contributed by atoms with Crippen LogP contribution in [0.3, 0.4) is 0 Å². The van der Waals surface area contributed by atoms with Gasteiger partial charge in [-0.15, -0.1) is 0 Å². The number of benzene rings is 4. The van der Waals surface area contributed by atoms with E-state index in [2.05, 4.69) is 15.0 Å². The molecule has 0 spiro atoms. The van der Waals surface area contributed by atoms with Crippen molar-refractivity contribution in [2.45, 2.75) is 24.0 Å². The quantitative estimate of drug-likeness (QED) is 0.155. The summed E-state index contributed by atoms with van der Waals surface area (Å²) in [5.41, 5.74) is 2.20. The highest BCUT2D eigenvalue weighted by Gasteiger charge is 2.32. The minimum atomic E-state index is -3.96. The number of carbonyl (C=O) groups excluding carboxylic acids is 2. The van der Waals surface area contributed by atoms with Crippen molar-refractivity contribution < 1.29 is 27.1 Å². The Morgan fingerprint density at radius 2 is 1.53 bits per heavy atom. The molecule has 0 aliphatic heterocycles. The van der Waals surface area contributed by atoms with E-state index in [1.54, 1.807) is 66.9 Å². The van der Waals surface area contributed by atoms with Gasteiger partial charge in [-0.2, -0.15) is 0 Å². The van der Waals surface area contributed by atoms with E-state index in [-0.39, 0.29) is 29.4 Å². The van der Waals surface area contributed by atoms with Crippen LogP contribution in [0, 0.1) is 5.82 Å². The Labute approximate surface area is 277 Å². The van der Waals surface area contributed by atoms with Crippen molar-refractivity contribution in [3.05, 3.63) is 155 Å².